The average molecular weight is 391 g/mol. The number of fused-ring (bicyclic) bond motifs is 1. The lowest BCUT2D eigenvalue weighted by Gasteiger charge is -2.15. The summed E-state index contributed by atoms with van der Waals surface area (Å²) in [7, 11) is 0. The summed E-state index contributed by atoms with van der Waals surface area (Å²) in [6, 6.07) is 8.25. The van der Waals surface area contributed by atoms with Crippen LogP contribution in [0.1, 0.15) is 109 Å². The van der Waals surface area contributed by atoms with E-state index in [0.29, 0.717) is 6.42 Å². The molecule has 160 valence electrons. The molecule has 0 radical (unpaired) electrons. The molecule has 1 aromatic carbocycles. The van der Waals surface area contributed by atoms with Crippen molar-refractivity contribution in [1.29, 1.82) is 0 Å². The predicted molar refractivity (Wildman–Crippen MR) is 118 cm³/mol. The van der Waals surface area contributed by atoms with E-state index < -0.39 is 5.97 Å². The van der Waals surface area contributed by atoms with Crippen molar-refractivity contribution >= 4 is 5.97 Å². The predicted octanol–water partition coefficient (Wildman–Crippen LogP) is 7.56. The largest absolute Gasteiger partial charge is 0.493 e. The number of unbranched alkanes of at least 4 members (excludes halogenated alkanes) is 12. The van der Waals surface area contributed by atoms with Crippen LogP contribution in [0.25, 0.3) is 0 Å². The van der Waals surface area contributed by atoms with E-state index in [-0.39, 0.29) is 0 Å². The second kappa shape index (κ2) is 17.6. The first-order valence-electron chi connectivity index (χ1n) is 11.7. The number of hydrogen-bond acceptors (Lipinski definition) is 2. The number of para-hydroxylation sites is 1. The van der Waals surface area contributed by atoms with Gasteiger partial charge in [0.1, 0.15) is 5.75 Å². The summed E-state index contributed by atoms with van der Waals surface area (Å²) in [6.07, 6.45) is 19.6. The Hall–Kier alpha value is -1.51. The molecule has 28 heavy (non-hydrogen) atoms. The number of ether oxygens (including phenoxy) is 1. The van der Waals surface area contributed by atoms with Gasteiger partial charge in [-0.15, -0.1) is 0 Å². The summed E-state index contributed by atoms with van der Waals surface area (Å²) < 4.78 is 5.42. The Labute approximate surface area is 172 Å². The molecule has 1 aromatic rings. The molecule has 2 rings (SSSR count). The molecule has 0 atom stereocenters. The minimum absolute atomic E-state index is 0.345. The molecule has 0 aromatic heterocycles. The van der Waals surface area contributed by atoms with E-state index in [1.54, 1.807) is 0 Å². The highest BCUT2D eigenvalue weighted by atomic mass is 16.5. The van der Waals surface area contributed by atoms with Crippen LogP contribution in [0.3, 0.4) is 0 Å². The average Bonchev–Trinajstić information content (AvgIpc) is 2.72. The third-order valence-corrected chi connectivity index (χ3v) is 5.31. The number of carboxylic acid groups (broad SMARTS) is 1. The van der Waals surface area contributed by atoms with Crippen LogP contribution in [-0.4, -0.2) is 17.7 Å². The zero-order valence-corrected chi connectivity index (χ0v) is 18.1. The Kier molecular flexibility index (Phi) is 15.4. The molecule has 0 bridgehead atoms. The summed E-state index contributed by atoms with van der Waals surface area (Å²) in [5.74, 6) is 0.423. The van der Waals surface area contributed by atoms with E-state index in [2.05, 4.69) is 19.1 Å². The normalized spacial score (nSPS) is 12.5. The molecule has 0 amide bonds. The van der Waals surface area contributed by atoms with Crippen molar-refractivity contribution in [2.45, 2.75) is 110 Å². The molecule has 0 spiro atoms. The van der Waals surface area contributed by atoms with Crippen molar-refractivity contribution < 1.29 is 14.6 Å². The van der Waals surface area contributed by atoms with Crippen LogP contribution in [0.15, 0.2) is 24.3 Å². The number of carbonyl (C=O) groups is 1. The van der Waals surface area contributed by atoms with Gasteiger partial charge in [0.25, 0.3) is 0 Å². The van der Waals surface area contributed by atoms with Gasteiger partial charge in [0.15, 0.2) is 0 Å². The van der Waals surface area contributed by atoms with E-state index in [9.17, 15) is 4.79 Å². The van der Waals surface area contributed by atoms with Crippen LogP contribution in [0.4, 0.5) is 0 Å². The molecule has 0 saturated heterocycles. The summed E-state index contributed by atoms with van der Waals surface area (Å²) in [6.45, 7) is 3.15. The van der Waals surface area contributed by atoms with E-state index in [4.69, 9.17) is 9.84 Å². The van der Waals surface area contributed by atoms with Gasteiger partial charge in [0.2, 0.25) is 0 Å². The van der Waals surface area contributed by atoms with Gasteiger partial charge >= 0.3 is 5.97 Å². The van der Waals surface area contributed by atoms with E-state index in [1.165, 1.54) is 82.6 Å². The molecule has 0 fully saturated rings. The number of aryl methyl sites for hydroxylation is 1. The van der Waals surface area contributed by atoms with Gasteiger partial charge in [0.05, 0.1) is 6.61 Å². The second-order valence-corrected chi connectivity index (χ2v) is 7.95. The van der Waals surface area contributed by atoms with Gasteiger partial charge in [-0.1, -0.05) is 102 Å². The third kappa shape index (κ3) is 13.6. The third-order valence-electron chi connectivity index (χ3n) is 5.31. The van der Waals surface area contributed by atoms with Crippen molar-refractivity contribution in [2.24, 2.45) is 0 Å². The zero-order valence-electron chi connectivity index (χ0n) is 18.1. The Bertz CT molecular complexity index is 473. The first-order valence-corrected chi connectivity index (χ1v) is 11.7. The molecular weight excluding hydrogens is 348 g/mol. The Morgan fingerprint density at radius 2 is 1.39 bits per heavy atom. The summed E-state index contributed by atoms with van der Waals surface area (Å²) in [4.78, 5) is 10.3. The van der Waals surface area contributed by atoms with E-state index in [1.807, 2.05) is 12.1 Å². The van der Waals surface area contributed by atoms with Gasteiger partial charge in [-0.3, -0.25) is 4.79 Å². The van der Waals surface area contributed by atoms with E-state index in [0.717, 1.165) is 31.6 Å². The van der Waals surface area contributed by atoms with Crippen molar-refractivity contribution in [3.05, 3.63) is 29.8 Å². The van der Waals surface area contributed by atoms with Crippen LogP contribution in [-0.2, 0) is 11.2 Å². The zero-order chi connectivity index (χ0) is 20.3. The van der Waals surface area contributed by atoms with Crippen LogP contribution in [0.5, 0.6) is 5.75 Å². The van der Waals surface area contributed by atoms with Crippen LogP contribution in [0, 0.1) is 0 Å². The molecule has 0 saturated carbocycles. The fourth-order valence-corrected chi connectivity index (χ4v) is 3.59. The molecule has 0 aliphatic carbocycles. The lowest BCUT2D eigenvalue weighted by Crippen LogP contribution is -2.07. The van der Waals surface area contributed by atoms with Crippen molar-refractivity contribution in [1.82, 2.24) is 0 Å². The standard InChI is InChI=1S/C16H32O2.C9H10O/c1-2-3-4-5-6-7-8-9-10-11-12-13-14-15-16(17)18;1-2-6-9-8(4-1)5-3-7-10-9/h2-15H2,1H3,(H,17,18);1-2,4,6H,3,5,7H2. The van der Waals surface area contributed by atoms with Crippen molar-refractivity contribution in [3.63, 3.8) is 0 Å². The maximum absolute atomic E-state index is 10.3. The highest BCUT2D eigenvalue weighted by molar-refractivity contribution is 5.66. The van der Waals surface area contributed by atoms with Crippen LogP contribution < -0.4 is 4.74 Å². The van der Waals surface area contributed by atoms with Crippen molar-refractivity contribution in [2.75, 3.05) is 6.61 Å². The maximum Gasteiger partial charge on any atom is 0.303 e. The quantitative estimate of drug-likeness (QED) is 0.333. The summed E-state index contributed by atoms with van der Waals surface area (Å²) in [5.41, 5.74) is 1.36. The molecule has 1 aliphatic rings. The SMILES string of the molecule is CCCCCCCCCCCCCCCC(=O)O.c1ccc2c(c1)CCCO2. The highest BCUT2D eigenvalue weighted by Gasteiger charge is 2.07. The van der Waals surface area contributed by atoms with Gasteiger partial charge in [-0.05, 0) is 30.9 Å². The topological polar surface area (TPSA) is 46.5 Å². The molecule has 3 nitrogen and oxygen atoms in total. The Morgan fingerprint density at radius 3 is 1.93 bits per heavy atom. The van der Waals surface area contributed by atoms with Gasteiger partial charge in [-0.25, -0.2) is 0 Å². The monoisotopic (exact) mass is 390 g/mol. The number of benzene rings is 1. The molecule has 3 heteroatoms. The maximum atomic E-state index is 10.3. The smallest absolute Gasteiger partial charge is 0.303 e. The Balaban J connectivity index is 0.000000324. The summed E-state index contributed by atoms with van der Waals surface area (Å²) in [5, 5.41) is 8.49. The lowest BCUT2D eigenvalue weighted by molar-refractivity contribution is -0.137. The number of rotatable bonds is 14. The second-order valence-electron chi connectivity index (χ2n) is 7.95. The first kappa shape index (κ1) is 24.5. The number of hydrogen-bond donors (Lipinski definition) is 1. The van der Waals surface area contributed by atoms with Crippen LogP contribution in [0.2, 0.25) is 0 Å². The molecule has 1 N–H and O–H groups in total. The first-order chi connectivity index (χ1) is 13.7. The van der Waals surface area contributed by atoms with Gasteiger partial charge < -0.3 is 9.84 Å². The minimum atomic E-state index is -0.655. The fraction of sp³-hybridized carbons (Fsp3) is 0.720. The molecule has 0 unspecified atom stereocenters. The summed E-state index contributed by atoms with van der Waals surface area (Å²) >= 11 is 0. The van der Waals surface area contributed by atoms with Gasteiger partial charge in [-0.2, -0.15) is 0 Å². The van der Waals surface area contributed by atoms with Gasteiger partial charge in [0, 0.05) is 6.42 Å². The Morgan fingerprint density at radius 1 is 0.857 bits per heavy atom. The van der Waals surface area contributed by atoms with Crippen LogP contribution >= 0.6 is 0 Å². The van der Waals surface area contributed by atoms with Crippen molar-refractivity contribution in [3.8, 4) is 5.75 Å². The number of carboxylic acids is 1. The molecule has 1 aliphatic heterocycles. The fourth-order valence-electron chi connectivity index (χ4n) is 3.59. The minimum Gasteiger partial charge on any atom is -0.493 e. The lowest BCUT2D eigenvalue weighted by atomic mass is 10.0. The molecule has 1 heterocycles. The number of aliphatic carboxylic acids is 1. The van der Waals surface area contributed by atoms with E-state index >= 15 is 0 Å². The highest BCUT2D eigenvalue weighted by Crippen LogP contribution is 2.23. The molecular formula is C25H42O3.